The van der Waals surface area contributed by atoms with Crippen LogP contribution in [-0.2, 0) is 19.1 Å². The molecule has 0 saturated carbocycles. The molecule has 0 atom stereocenters. The number of amides is 1. The number of nitrogens with zero attached hydrogens (tertiary/aromatic N) is 2. The first-order chi connectivity index (χ1) is 12.8. The molecule has 1 aromatic rings. The number of carbonyl (C=O) groups is 3. The van der Waals surface area contributed by atoms with Crippen molar-refractivity contribution < 1.29 is 28.8 Å². The molecule has 0 fully saturated rings. The van der Waals surface area contributed by atoms with E-state index in [0.29, 0.717) is 0 Å². The number of carbonyl (C=O) groups excluding carboxylic acids is 3. The number of primary amides is 1. The summed E-state index contributed by atoms with van der Waals surface area (Å²) in [4.78, 5) is 48.1. The predicted molar refractivity (Wildman–Crippen MR) is 93.4 cm³/mol. The highest BCUT2D eigenvalue weighted by atomic mass is 16.6. The highest BCUT2D eigenvalue weighted by Crippen LogP contribution is 2.33. The van der Waals surface area contributed by atoms with Gasteiger partial charge in [-0.3, -0.25) is 14.9 Å². The third kappa shape index (κ3) is 3.68. The van der Waals surface area contributed by atoms with Crippen LogP contribution >= 0.6 is 0 Å². The molecule has 1 aliphatic rings. The molecular formula is C17H15N3O7. The molecule has 1 aromatic carbocycles. The Labute approximate surface area is 153 Å². The molecule has 0 aromatic heterocycles. The van der Waals surface area contributed by atoms with Gasteiger partial charge in [0, 0.05) is 12.3 Å². The van der Waals surface area contributed by atoms with E-state index in [1.165, 1.54) is 36.6 Å². The molecule has 0 radical (unpaired) electrons. The Morgan fingerprint density at radius 3 is 2.33 bits per heavy atom. The molecular weight excluding hydrogens is 358 g/mol. The Balaban J connectivity index is 2.85. The number of rotatable bonds is 5. The van der Waals surface area contributed by atoms with Crippen molar-refractivity contribution in [2.75, 3.05) is 19.1 Å². The van der Waals surface area contributed by atoms with Gasteiger partial charge in [0.2, 0.25) is 0 Å². The quantitative estimate of drug-likeness (QED) is 0.460. The minimum absolute atomic E-state index is 0.0709. The fourth-order valence-electron chi connectivity index (χ4n) is 2.48. The second-order valence-corrected chi connectivity index (χ2v) is 5.11. The van der Waals surface area contributed by atoms with Gasteiger partial charge in [-0.1, -0.05) is 12.1 Å². The Morgan fingerprint density at radius 2 is 1.78 bits per heavy atom. The molecule has 10 nitrogen and oxygen atoms in total. The molecule has 27 heavy (non-hydrogen) atoms. The minimum Gasteiger partial charge on any atom is -0.465 e. The molecule has 2 rings (SSSR count). The largest absolute Gasteiger partial charge is 0.465 e. The van der Waals surface area contributed by atoms with E-state index in [1.807, 2.05) is 0 Å². The number of esters is 2. The van der Waals surface area contributed by atoms with Gasteiger partial charge < -0.3 is 20.1 Å². The van der Waals surface area contributed by atoms with E-state index in [4.69, 9.17) is 10.5 Å². The number of ether oxygens (including phenoxy) is 2. The summed E-state index contributed by atoms with van der Waals surface area (Å²) in [5, 5.41) is 11.3. The van der Waals surface area contributed by atoms with Crippen molar-refractivity contribution in [2.24, 2.45) is 5.73 Å². The minimum atomic E-state index is -1.08. The van der Waals surface area contributed by atoms with Crippen molar-refractivity contribution in [3.63, 3.8) is 0 Å². The number of nitro benzene ring substituents is 1. The summed E-state index contributed by atoms with van der Waals surface area (Å²) in [5.74, 6) is -2.84. The van der Waals surface area contributed by atoms with Gasteiger partial charge in [0.05, 0.1) is 30.4 Å². The molecule has 2 N–H and O–H groups in total. The maximum atomic E-state index is 12.4. The van der Waals surface area contributed by atoms with Crippen LogP contribution in [0.25, 0.3) is 0 Å². The topological polar surface area (TPSA) is 142 Å². The fraction of sp³-hybridized carbons (Fsp3) is 0.118. The molecule has 0 unspecified atom stereocenters. The molecule has 1 amide bonds. The Morgan fingerprint density at radius 1 is 1.11 bits per heavy atom. The van der Waals surface area contributed by atoms with E-state index < -0.39 is 34.0 Å². The number of allylic oxidation sites excluding steroid dienone is 2. The van der Waals surface area contributed by atoms with E-state index in [2.05, 4.69) is 4.74 Å². The van der Waals surface area contributed by atoms with Gasteiger partial charge in [0.25, 0.3) is 11.6 Å². The zero-order valence-corrected chi connectivity index (χ0v) is 14.4. The van der Waals surface area contributed by atoms with Gasteiger partial charge in [0.1, 0.15) is 11.3 Å². The van der Waals surface area contributed by atoms with Crippen molar-refractivity contribution in [1.82, 2.24) is 0 Å². The number of methoxy groups -OCH3 is 2. The highest BCUT2D eigenvalue weighted by Gasteiger charge is 2.32. The third-order valence-electron chi connectivity index (χ3n) is 3.61. The van der Waals surface area contributed by atoms with Crippen LogP contribution in [0.5, 0.6) is 0 Å². The molecule has 140 valence electrons. The number of nitro groups is 1. The number of hydrogen-bond acceptors (Lipinski definition) is 8. The molecule has 10 heteroatoms. The predicted octanol–water partition coefficient (Wildman–Crippen LogP) is 1.18. The first-order valence-corrected chi connectivity index (χ1v) is 7.45. The standard InChI is InChI=1S/C17H15N3O7/c1-26-16(22)10-6-3-4-9-19(14(10)17(23)27-2)11-7-5-8-12(20(24)25)13(11)15(18)21/h3-9H,1-2H3,(H2,18,21). The van der Waals surface area contributed by atoms with E-state index in [0.717, 1.165) is 25.2 Å². The van der Waals surface area contributed by atoms with Crippen molar-refractivity contribution >= 4 is 29.2 Å². The van der Waals surface area contributed by atoms with Crippen LogP contribution in [0.4, 0.5) is 11.4 Å². The fourth-order valence-corrected chi connectivity index (χ4v) is 2.48. The molecule has 0 aliphatic carbocycles. The summed E-state index contributed by atoms with van der Waals surface area (Å²) in [6.07, 6.45) is 5.57. The second-order valence-electron chi connectivity index (χ2n) is 5.11. The van der Waals surface area contributed by atoms with Crippen LogP contribution in [-0.4, -0.2) is 37.0 Å². The Kier molecular flexibility index (Phi) is 5.71. The number of hydrogen-bond donors (Lipinski definition) is 1. The molecule has 0 spiro atoms. The smallest absolute Gasteiger partial charge is 0.355 e. The first-order valence-electron chi connectivity index (χ1n) is 7.45. The monoisotopic (exact) mass is 373 g/mol. The van der Waals surface area contributed by atoms with Crippen molar-refractivity contribution in [2.45, 2.75) is 0 Å². The maximum absolute atomic E-state index is 12.4. The van der Waals surface area contributed by atoms with Crippen LogP contribution < -0.4 is 10.6 Å². The van der Waals surface area contributed by atoms with Crippen molar-refractivity contribution in [3.05, 3.63) is 69.6 Å². The van der Waals surface area contributed by atoms with E-state index in [-0.39, 0.29) is 17.0 Å². The van der Waals surface area contributed by atoms with Crippen molar-refractivity contribution in [3.8, 4) is 0 Å². The average Bonchev–Trinajstić information content (AvgIpc) is 2.88. The van der Waals surface area contributed by atoms with Gasteiger partial charge in [-0.25, -0.2) is 9.59 Å². The lowest BCUT2D eigenvalue weighted by molar-refractivity contribution is -0.385. The number of anilines is 1. The molecule has 1 heterocycles. The van der Waals surface area contributed by atoms with Crippen LogP contribution in [0.1, 0.15) is 10.4 Å². The summed E-state index contributed by atoms with van der Waals surface area (Å²) in [6, 6.07) is 3.77. The highest BCUT2D eigenvalue weighted by molar-refractivity contribution is 6.08. The lowest BCUT2D eigenvalue weighted by atomic mass is 10.1. The van der Waals surface area contributed by atoms with E-state index >= 15 is 0 Å². The third-order valence-corrected chi connectivity index (χ3v) is 3.61. The van der Waals surface area contributed by atoms with Crippen LogP contribution in [0.2, 0.25) is 0 Å². The van der Waals surface area contributed by atoms with E-state index in [1.54, 1.807) is 0 Å². The normalized spacial score (nSPS) is 13.2. The van der Waals surface area contributed by atoms with Gasteiger partial charge in [-0.2, -0.15) is 0 Å². The van der Waals surface area contributed by atoms with Crippen LogP contribution in [0.15, 0.2) is 53.9 Å². The summed E-state index contributed by atoms with van der Waals surface area (Å²) in [7, 11) is 2.23. The summed E-state index contributed by atoms with van der Waals surface area (Å²) in [6.45, 7) is 0. The maximum Gasteiger partial charge on any atom is 0.355 e. The van der Waals surface area contributed by atoms with Gasteiger partial charge in [0.15, 0.2) is 0 Å². The summed E-state index contributed by atoms with van der Waals surface area (Å²) in [5.41, 5.74) is 3.83. The lowest BCUT2D eigenvalue weighted by Gasteiger charge is -2.24. The van der Waals surface area contributed by atoms with E-state index in [9.17, 15) is 24.5 Å². The zero-order valence-electron chi connectivity index (χ0n) is 14.4. The first kappa shape index (κ1) is 19.4. The number of nitrogens with two attached hydrogens (primary N) is 1. The summed E-state index contributed by atoms with van der Waals surface area (Å²) >= 11 is 0. The van der Waals surface area contributed by atoms with Gasteiger partial charge >= 0.3 is 11.9 Å². The van der Waals surface area contributed by atoms with Crippen molar-refractivity contribution in [1.29, 1.82) is 0 Å². The van der Waals surface area contributed by atoms with Gasteiger partial charge in [-0.05, 0) is 18.2 Å². The van der Waals surface area contributed by atoms with Crippen LogP contribution in [0, 0.1) is 10.1 Å². The summed E-state index contributed by atoms with van der Waals surface area (Å²) < 4.78 is 9.42. The molecule has 0 saturated heterocycles. The Hall–Kier alpha value is -3.95. The molecule has 1 aliphatic heterocycles. The number of benzene rings is 1. The van der Waals surface area contributed by atoms with Crippen LogP contribution in [0.3, 0.4) is 0 Å². The lowest BCUT2D eigenvalue weighted by Crippen LogP contribution is -2.29. The Bertz CT molecular complexity index is 915. The average molecular weight is 373 g/mol. The molecule has 0 bridgehead atoms. The zero-order chi connectivity index (χ0) is 20.1. The van der Waals surface area contributed by atoms with Gasteiger partial charge in [-0.15, -0.1) is 0 Å². The SMILES string of the molecule is COC(=O)C1=C(C(=O)OC)N(c2cccc([N+](=O)[O-])c2C(N)=O)C=CC=C1. The second kappa shape index (κ2) is 7.95.